The lowest BCUT2D eigenvalue weighted by molar-refractivity contribution is 0.0971. The van der Waals surface area contributed by atoms with Gasteiger partial charge in [-0.2, -0.15) is 4.37 Å². The second kappa shape index (κ2) is 4.67. The van der Waals surface area contributed by atoms with Crippen molar-refractivity contribution in [2.75, 3.05) is 30.0 Å². The van der Waals surface area contributed by atoms with Crippen molar-refractivity contribution in [2.24, 2.45) is 5.92 Å². The summed E-state index contributed by atoms with van der Waals surface area (Å²) in [6, 6.07) is 0. The van der Waals surface area contributed by atoms with E-state index in [1.807, 2.05) is 11.8 Å². The molecule has 1 aliphatic heterocycles. The molecule has 2 atom stereocenters. The third-order valence-corrected chi connectivity index (χ3v) is 5.37. The van der Waals surface area contributed by atoms with Gasteiger partial charge in [0.1, 0.15) is 9.90 Å². The molecule has 1 fully saturated rings. The lowest BCUT2D eigenvalue weighted by Crippen LogP contribution is -2.42. The minimum Gasteiger partial charge on any atom is -0.393 e. The van der Waals surface area contributed by atoms with E-state index in [0.717, 1.165) is 17.8 Å². The highest BCUT2D eigenvalue weighted by atomic mass is 32.2. The summed E-state index contributed by atoms with van der Waals surface area (Å²) in [5, 5.41) is 10.3. The summed E-state index contributed by atoms with van der Waals surface area (Å²) >= 11 is 1.10. The molecule has 8 heteroatoms. The van der Waals surface area contributed by atoms with Gasteiger partial charge >= 0.3 is 0 Å². The van der Waals surface area contributed by atoms with Crippen LogP contribution in [0.15, 0.2) is 4.90 Å². The predicted molar refractivity (Wildman–Crippen MR) is 71.6 cm³/mol. The van der Waals surface area contributed by atoms with Crippen LogP contribution in [-0.2, 0) is 9.84 Å². The van der Waals surface area contributed by atoms with Crippen molar-refractivity contribution in [3.8, 4) is 0 Å². The van der Waals surface area contributed by atoms with Crippen LogP contribution in [0, 0.1) is 5.92 Å². The van der Waals surface area contributed by atoms with Crippen molar-refractivity contribution >= 4 is 32.2 Å². The maximum absolute atomic E-state index is 11.7. The van der Waals surface area contributed by atoms with E-state index in [-0.39, 0.29) is 22.7 Å². The predicted octanol–water partition coefficient (Wildman–Crippen LogP) is 0.336. The van der Waals surface area contributed by atoms with Gasteiger partial charge in [0, 0.05) is 19.3 Å². The lowest BCUT2D eigenvalue weighted by atomic mass is 9.97. The summed E-state index contributed by atoms with van der Waals surface area (Å²) in [6.45, 7) is 3.18. The highest BCUT2D eigenvalue weighted by Crippen LogP contribution is 2.36. The monoisotopic (exact) mass is 291 g/mol. The minimum atomic E-state index is -3.38. The van der Waals surface area contributed by atoms with Gasteiger partial charge in [0.15, 0.2) is 15.7 Å². The molecule has 0 aliphatic carbocycles. The molecule has 0 saturated carbocycles. The largest absolute Gasteiger partial charge is 0.393 e. The highest BCUT2D eigenvalue weighted by Gasteiger charge is 2.30. The van der Waals surface area contributed by atoms with Crippen LogP contribution in [0.2, 0.25) is 0 Å². The summed E-state index contributed by atoms with van der Waals surface area (Å²) in [7, 11) is -3.38. The van der Waals surface area contributed by atoms with Crippen LogP contribution in [0.25, 0.3) is 0 Å². The molecule has 0 bridgehead atoms. The fourth-order valence-electron chi connectivity index (χ4n) is 2.15. The SMILES string of the molecule is CC1CN(c2snc(N)c2S(C)(=O)=O)CCC1O. The van der Waals surface area contributed by atoms with Gasteiger partial charge < -0.3 is 15.7 Å². The first-order chi connectivity index (χ1) is 8.30. The molecule has 0 aromatic carbocycles. The average Bonchev–Trinajstić information content (AvgIpc) is 2.64. The smallest absolute Gasteiger partial charge is 0.182 e. The molecule has 6 nitrogen and oxygen atoms in total. The average molecular weight is 291 g/mol. The molecular formula is C10H17N3O3S2. The van der Waals surface area contributed by atoms with Crippen LogP contribution in [0.4, 0.5) is 10.8 Å². The molecule has 2 heterocycles. The Bertz CT molecular complexity index is 541. The van der Waals surface area contributed by atoms with E-state index in [4.69, 9.17) is 5.73 Å². The number of hydrogen-bond acceptors (Lipinski definition) is 7. The van der Waals surface area contributed by atoms with Crippen LogP contribution in [-0.4, -0.2) is 43.3 Å². The van der Waals surface area contributed by atoms with Crippen molar-refractivity contribution in [1.29, 1.82) is 0 Å². The third kappa shape index (κ3) is 2.45. The number of aliphatic hydroxyl groups excluding tert-OH is 1. The Balaban J connectivity index is 2.35. The Morgan fingerprint density at radius 1 is 1.56 bits per heavy atom. The number of nitrogens with two attached hydrogens (primary N) is 1. The van der Waals surface area contributed by atoms with Gasteiger partial charge in [-0.3, -0.25) is 0 Å². The molecule has 0 radical (unpaired) electrons. The number of piperidine rings is 1. The zero-order valence-electron chi connectivity index (χ0n) is 10.3. The molecule has 1 aliphatic rings. The molecule has 1 aromatic rings. The van der Waals surface area contributed by atoms with Gasteiger partial charge in [-0.05, 0) is 23.9 Å². The number of nitrogens with zero attached hydrogens (tertiary/aromatic N) is 2. The second-order valence-corrected chi connectivity index (χ2v) is 7.46. The summed E-state index contributed by atoms with van der Waals surface area (Å²) in [6.07, 6.45) is 1.44. The summed E-state index contributed by atoms with van der Waals surface area (Å²) in [5.41, 5.74) is 5.64. The van der Waals surface area contributed by atoms with Crippen molar-refractivity contribution in [3.63, 3.8) is 0 Å². The topological polar surface area (TPSA) is 96.5 Å². The normalized spacial score (nSPS) is 25.4. The molecule has 0 spiro atoms. The number of aliphatic hydroxyl groups is 1. The van der Waals surface area contributed by atoms with Crippen molar-refractivity contribution in [2.45, 2.75) is 24.3 Å². The maximum Gasteiger partial charge on any atom is 0.182 e. The Labute approximate surface area is 111 Å². The number of sulfone groups is 1. The number of aromatic nitrogens is 1. The molecule has 2 rings (SSSR count). The van der Waals surface area contributed by atoms with E-state index in [1.165, 1.54) is 0 Å². The Morgan fingerprint density at radius 3 is 2.78 bits per heavy atom. The molecule has 1 saturated heterocycles. The van der Waals surface area contributed by atoms with Crippen molar-refractivity contribution in [3.05, 3.63) is 0 Å². The van der Waals surface area contributed by atoms with Gasteiger partial charge in [0.05, 0.1) is 6.10 Å². The first-order valence-corrected chi connectivity index (χ1v) is 8.35. The van der Waals surface area contributed by atoms with Crippen LogP contribution in [0.1, 0.15) is 13.3 Å². The maximum atomic E-state index is 11.7. The van der Waals surface area contributed by atoms with Crippen LogP contribution < -0.4 is 10.6 Å². The fourth-order valence-corrected chi connectivity index (χ4v) is 4.39. The Morgan fingerprint density at radius 2 is 2.22 bits per heavy atom. The standard InChI is InChI=1S/C10H17N3O3S2/c1-6-5-13(4-3-7(6)14)10-8(18(2,15)16)9(11)12-17-10/h6-7,14H,3-5H2,1-2H3,(H2,11,12). The van der Waals surface area contributed by atoms with Crippen LogP contribution in [0.5, 0.6) is 0 Å². The molecule has 1 aromatic heterocycles. The van der Waals surface area contributed by atoms with E-state index in [2.05, 4.69) is 4.37 Å². The third-order valence-electron chi connectivity index (χ3n) is 3.18. The first kappa shape index (κ1) is 13.6. The van der Waals surface area contributed by atoms with E-state index in [9.17, 15) is 13.5 Å². The number of rotatable bonds is 2. The molecule has 18 heavy (non-hydrogen) atoms. The summed E-state index contributed by atoms with van der Waals surface area (Å²) in [5.74, 6) is 0.172. The Hall–Kier alpha value is -0.860. The van der Waals surface area contributed by atoms with Crippen LogP contribution >= 0.6 is 11.5 Å². The van der Waals surface area contributed by atoms with E-state index >= 15 is 0 Å². The van der Waals surface area contributed by atoms with E-state index in [0.29, 0.717) is 24.5 Å². The summed E-state index contributed by atoms with van der Waals surface area (Å²) in [4.78, 5) is 2.07. The lowest BCUT2D eigenvalue weighted by Gasteiger charge is -2.35. The first-order valence-electron chi connectivity index (χ1n) is 5.69. The zero-order valence-corrected chi connectivity index (χ0v) is 12.0. The Kier molecular flexibility index (Phi) is 3.52. The molecular weight excluding hydrogens is 274 g/mol. The number of hydrogen-bond donors (Lipinski definition) is 2. The second-order valence-electron chi connectivity index (χ2n) is 4.75. The van der Waals surface area contributed by atoms with E-state index in [1.54, 1.807) is 0 Å². The van der Waals surface area contributed by atoms with Gasteiger partial charge in [0.2, 0.25) is 0 Å². The van der Waals surface area contributed by atoms with Crippen molar-refractivity contribution in [1.82, 2.24) is 4.37 Å². The van der Waals surface area contributed by atoms with E-state index < -0.39 is 9.84 Å². The van der Waals surface area contributed by atoms with Gasteiger partial charge in [-0.15, -0.1) is 0 Å². The van der Waals surface area contributed by atoms with Crippen molar-refractivity contribution < 1.29 is 13.5 Å². The van der Waals surface area contributed by atoms with Crippen LogP contribution in [0.3, 0.4) is 0 Å². The van der Waals surface area contributed by atoms with Gasteiger partial charge in [-0.25, -0.2) is 8.42 Å². The molecule has 3 N–H and O–H groups in total. The number of anilines is 2. The van der Waals surface area contributed by atoms with Gasteiger partial charge in [0.25, 0.3) is 0 Å². The zero-order chi connectivity index (χ0) is 13.5. The summed E-state index contributed by atoms with van der Waals surface area (Å²) < 4.78 is 27.4. The highest BCUT2D eigenvalue weighted by molar-refractivity contribution is 7.91. The molecule has 0 amide bonds. The number of nitrogen functional groups attached to an aromatic ring is 1. The fraction of sp³-hybridized carbons (Fsp3) is 0.700. The van der Waals surface area contributed by atoms with Gasteiger partial charge in [-0.1, -0.05) is 6.92 Å². The quantitative estimate of drug-likeness (QED) is 0.815. The molecule has 102 valence electrons. The minimum absolute atomic E-state index is 0.0660. The molecule has 2 unspecified atom stereocenters.